The van der Waals surface area contributed by atoms with Crippen molar-refractivity contribution in [3.8, 4) is 11.6 Å². The van der Waals surface area contributed by atoms with Crippen LogP contribution in [0.1, 0.15) is 5.69 Å². The van der Waals surface area contributed by atoms with Crippen LogP contribution in [-0.2, 0) is 0 Å². The number of thiocarbonyl (C=S) groups is 1. The van der Waals surface area contributed by atoms with Crippen LogP contribution in [-0.4, -0.2) is 9.97 Å². The molecule has 1 aromatic heterocycles. The summed E-state index contributed by atoms with van der Waals surface area (Å²) in [5.41, 5.74) is 5.99. The van der Waals surface area contributed by atoms with Gasteiger partial charge in [-0.1, -0.05) is 41.5 Å². The minimum absolute atomic E-state index is 0.199. The summed E-state index contributed by atoms with van der Waals surface area (Å²) in [6, 6.07) is 8.37. The van der Waals surface area contributed by atoms with Gasteiger partial charge < -0.3 is 10.5 Å². The summed E-state index contributed by atoms with van der Waals surface area (Å²) in [7, 11) is 0. The molecule has 2 N–H and O–H groups in total. The molecule has 1 heterocycles. The fourth-order valence-electron chi connectivity index (χ4n) is 1.30. The molecular formula is C12H7BrCl2N2OS. The number of hydrogen-bond donors (Lipinski definition) is 1. The maximum Gasteiger partial charge on any atom is 0.219 e. The van der Waals surface area contributed by atoms with Crippen molar-refractivity contribution in [3.05, 3.63) is 50.5 Å². The van der Waals surface area contributed by atoms with E-state index in [-0.39, 0.29) is 4.99 Å². The quantitative estimate of drug-likeness (QED) is 0.628. The van der Waals surface area contributed by atoms with Gasteiger partial charge in [0, 0.05) is 16.6 Å². The number of aromatic nitrogens is 1. The Kier molecular flexibility index (Phi) is 4.62. The Morgan fingerprint density at radius 1 is 1.26 bits per heavy atom. The molecule has 0 atom stereocenters. The van der Waals surface area contributed by atoms with Crippen LogP contribution in [0.4, 0.5) is 0 Å². The number of pyridine rings is 1. The molecule has 98 valence electrons. The summed E-state index contributed by atoms with van der Waals surface area (Å²) < 4.78 is 6.26. The van der Waals surface area contributed by atoms with Crippen LogP contribution in [0.5, 0.6) is 11.6 Å². The highest BCUT2D eigenvalue weighted by molar-refractivity contribution is 9.10. The summed E-state index contributed by atoms with van der Waals surface area (Å²) >= 11 is 20.2. The smallest absolute Gasteiger partial charge is 0.219 e. The summed E-state index contributed by atoms with van der Waals surface area (Å²) in [4.78, 5) is 4.36. The summed E-state index contributed by atoms with van der Waals surface area (Å²) in [5, 5.41) is 0.906. The van der Waals surface area contributed by atoms with Crippen molar-refractivity contribution in [2.24, 2.45) is 5.73 Å². The molecule has 0 aliphatic heterocycles. The molecule has 0 aliphatic rings. The third-order valence-corrected chi connectivity index (χ3v) is 3.87. The first-order chi connectivity index (χ1) is 8.97. The lowest BCUT2D eigenvalue weighted by atomic mass is 10.3. The Morgan fingerprint density at radius 3 is 2.68 bits per heavy atom. The van der Waals surface area contributed by atoms with Crippen molar-refractivity contribution in [1.82, 2.24) is 4.98 Å². The molecule has 0 bridgehead atoms. The van der Waals surface area contributed by atoms with Gasteiger partial charge in [0.15, 0.2) is 0 Å². The van der Waals surface area contributed by atoms with Crippen molar-refractivity contribution >= 4 is 56.3 Å². The molecule has 0 saturated carbocycles. The maximum absolute atomic E-state index is 6.06. The van der Waals surface area contributed by atoms with E-state index in [0.29, 0.717) is 31.8 Å². The lowest BCUT2D eigenvalue weighted by Crippen LogP contribution is -2.11. The number of rotatable bonds is 3. The van der Waals surface area contributed by atoms with Crippen LogP contribution in [0.2, 0.25) is 10.0 Å². The SMILES string of the molecule is NC(=S)c1cccc(Oc2cc(Cl)c(Br)cc2Cl)n1. The molecular weight excluding hydrogens is 371 g/mol. The standard InChI is InChI=1S/C12H7BrCl2N2OS/c13-6-4-8(15)10(5-7(6)14)18-11-3-1-2-9(17-11)12(16)19/h1-5H,(H2,16,19). The number of nitrogens with two attached hydrogens (primary N) is 1. The predicted octanol–water partition coefficient (Wildman–Crippen LogP) is 4.58. The van der Waals surface area contributed by atoms with Gasteiger partial charge in [-0.3, -0.25) is 0 Å². The summed E-state index contributed by atoms with van der Waals surface area (Å²) in [6.07, 6.45) is 0. The van der Waals surface area contributed by atoms with E-state index in [9.17, 15) is 0 Å². The molecule has 0 saturated heterocycles. The van der Waals surface area contributed by atoms with Gasteiger partial charge in [-0.05, 0) is 28.1 Å². The van der Waals surface area contributed by atoms with E-state index in [1.54, 1.807) is 30.3 Å². The first-order valence-corrected chi connectivity index (χ1v) is 7.02. The molecule has 19 heavy (non-hydrogen) atoms. The zero-order chi connectivity index (χ0) is 14.0. The van der Waals surface area contributed by atoms with Crippen LogP contribution >= 0.6 is 51.3 Å². The van der Waals surface area contributed by atoms with Crippen LogP contribution < -0.4 is 10.5 Å². The van der Waals surface area contributed by atoms with E-state index >= 15 is 0 Å². The molecule has 3 nitrogen and oxygen atoms in total. The van der Waals surface area contributed by atoms with Crippen molar-refractivity contribution < 1.29 is 4.74 Å². The highest BCUT2D eigenvalue weighted by atomic mass is 79.9. The van der Waals surface area contributed by atoms with E-state index in [0.717, 1.165) is 0 Å². The van der Waals surface area contributed by atoms with Gasteiger partial charge in [-0.15, -0.1) is 0 Å². The lowest BCUT2D eigenvalue weighted by molar-refractivity contribution is 0.463. The molecule has 0 unspecified atom stereocenters. The maximum atomic E-state index is 6.06. The van der Waals surface area contributed by atoms with Crippen LogP contribution in [0.15, 0.2) is 34.8 Å². The lowest BCUT2D eigenvalue weighted by Gasteiger charge is -2.09. The highest BCUT2D eigenvalue weighted by Crippen LogP contribution is 2.36. The predicted molar refractivity (Wildman–Crippen MR) is 84.4 cm³/mol. The molecule has 0 amide bonds. The fourth-order valence-corrected chi connectivity index (χ4v) is 2.25. The third-order valence-electron chi connectivity index (χ3n) is 2.17. The zero-order valence-electron chi connectivity index (χ0n) is 9.36. The normalized spacial score (nSPS) is 10.3. The van der Waals surface area contributed by atoms with E-state index in [1.807, 2.05) is 0 Å². The molecule has 2 rings (SSSR count). The zero-order valence-corrected chi connectivity index (χ0v) is 13.3. The fraction of sp³-hybridized carbons (Fsp3) is 0. The van der Waals surface area contributed by atoms with E-state index in [4.69, 9.17) is 45.9 Å². The number of nitrogens with zero attached hydrogens (tertiary/aromatic N) is 1. The molecule has 7 heteroatoms. The summed E-state index contributed by atoms with van der Waals surface area (Å²) in [5.74, 6) is 0.744. The van der Waals surface area contributed by atoms with Crippen molar-refractivity contribution in [3.63, 3.8) is 0 Å². The second kappa shape index (κ2) is 6.05. The average Bonchev–Trinajstić information content (AvgIpc) is 2.36. The average molecular weight is 378 g/mol. The first kappa shape index (κ1) is 14.5. The Morgan fingerprint density at radius 2 is 2.00 bits per heavy atom. The second-order valence-electron chi connectivity index (χ2n) is 3.52. The summed E-state index contributed by atoms with van der Waals surface area (Å²) in [6.45, 7) is 0. The Hall–Kier alpha value is -0.880. The van der Waals surface area contributed by atoms with Crippen molar-refractivity contribution in [2.75, 3.05) is 0 Å². The molecule has 0 aliphatic carbocycles. The topological polar surface area (TPSA) is 48.1 Å². The van der Waals surface area contributed by atoms with Gasteiger partial charge in [0.25, 0.3) is 0 Å². The van der Waals surface area contributed by atoms with E-state index < -0.39 is 0 Å². The Labute approximate surface area is 133 Å². The number of halogens is 3. The van der Waals surface area contributed by atoms with E-state index in [1.165, 1.54) is 0 Å². The number of benzene rings is 1. The van der Waals surface area contributed by atoms with Gasteiger partial charge in [0.05, 0.1) is 10.0 Å². The second-order valence-corrected chi connectivity index (χ2v) is 5.63. The minimum atomic E-state index is 0.199. The van der Waals surface area contributed by atoms with Gasteiger partial charge in [-0.25, -0.2) is 4.98 Å². The van der Waals surface area contributed by atoms with Gasteiger partial charge in [0.1, 0.15) is 16.4 Å². The van der Waals surface area contributed by atoms with Gasteiger partial charge in [-0.2, -0.15) is 0 Å². The molecule has 1 aromatic carbocycles. The first-order valence-electron chi connectivity index (χ1n) is 5.06. The monoisotopic (exact) mass is 376 g/mol. The number of hydrogen-bond acceptors (Lipinski definition) is 3. The molecule has 0 fully saturated rings. The minimum Gasteiger partial charge on any atom is -0.437 e. The van der Waals surface area contributed by atoms with Crippen molar-refractivity contribution in [2.45, 2.75) is 0 Å². The van der Waals surface area contributed by atoms with Crippen LogP contribution in [0, 0.1) is 0 Å². The van der Waals surface area contributed by atoms with Gasteiger partial charge >= 0.3 is 0 Å². The highest BCUT2D eigenvalue weighted by Gasteiger charge is 2.09. The van der Waals surface area contributed by atoms with Gasteiger partial charge in [0.2, 0.25) is 5.88 Å². The molecule has 0 spiro atoms. The van der Waals surface area contributed by atoms with Crippen molar-refractivity contribution in [1.29, 1.82) is 0 Å². The van der Waals surface area contributed by atoms with Crippen LogP contribution in [0.25, 0.3) is 0 Å². The largest absolute Gasteiger partial charge is 0.437 e. The Bertz CT molecular complexity index is 652. The Balaban J connectivity index is 2.33. The van der Waals surface area contributed by atoms with E-state index in [2.05, 4.69) is 20.9 Å². The van der Waals surface area contributed by atoms with Crippen LogP contribution in [0.3, 0.4) is 0 Å². The molecule has 0 radical (unpaired) electrons. The molecule has 2 aromatic rings. The third kappa shape index (κ3) is 3.57. The number of ether oxygens (including phenoxy) is 1.